The Morgan fingerprint density at radius 1 is 1.44 bits per heavy atom. The van der Waals surface area contributed by atoms with Crippen molar-refractivity contribution in [3.05, 3.63) is 32.8 Å². The maximum absolute atomic E-state index is 11.0. The van der Waals surface area contributed by atoms with E-state index in [4.69, 9.17) is 27.5 Å². The van der Waals surface area contributed by atoms with E-state index >= 15 is 0 Å². The third-order valence-electron chi connectivity index (χ3n) is 1.63. The van der Waals surface area contributed by atoms with Crippen molar-refractivity contribution in [1.82, 2.24) is 0 Å². The molecule has 0 spiro atoms. The average Bonchev–Trinajstić information content (AvgIpc) is 2.15. The summed E-state index contributed by atoms with van der Waals surface area (Å²) in [6, 6.07) is 3.04. The number of halogens is 2. The van der Waals surface area contributed by atoms with Gasteiger partial charge in [0.2, 0.25) is 0 Å². The summed E-state index contributed by atoms with van der Waals surface area (Å²) in [5.41, 5.74) is -0.978. The van der Waals surface area contributed by atoms with Crippen molar-refractivity contribution in [2.45, 2.75) is 4.90 Å². The molecule has 0 radical (unpaired) electrons. The number of nitrogens with zero attached hydrogens (tertiary/aromatic N) is 2. The number of nitriles is 1. The maximum Gasteiger partial charge on any atom is 0.289 e. The van der Waals surface area contributed by atoms with Gasteiger partial charge in [-0.25, -0.2) is 8.42 Å². The minimum atomic E-state index is -4.17. The van der Waals surface area contributed by atoms with Gasteiger partial charge in [-0.3, -0.25) is 10.1 Å². The van der Waals surface area contributed by atoms with E-state index in [0.29, 0.717) is 0 Å². The van der Waals surface area contributed by atoms with E-state index in [1.165, 1.54) is 6.07 Å². The Morgan fingerprint density at radius 3 is 2.38 bits per heavy atom. The Kier molecular flexibility index (Phi) is 3.38. The average molecular weight is 281 g/mol. The van der Waals surface area contributed by atoms with E-state index in [-0.39, 0.29) is 0 Å². The Hall–Kier alpha value is -1.36. The molecule has 0 amide bonds. The SMILES string of the molecule is N#Cc1cc([N+](=O)[O-])c(Cl)cc1S(=O)(=O)Cl. The third-order valence-corrected chi connectivity index (χ3v) is 3.29. The molecule has 0 aliphatic carbocycles. The van der Waals surface area contributed by atoms with E-state index in [1.54, 1.807) is 0 Å². The Bertz CT molecular complexity index is 606. The number of hydrogen-bond acceptors (Lipinski definition) is 5. The highest BCUT2D eigenvalue weighted by atomic mass is 35.7. The van der Waals surface area contributed by atoms with Gasteiger partial charge in [-0.2, -0.15) is 5.26 Å². The molecular weight excluding hydrogens is 279 g/mol. The second kappa shape index (κ2) is 4.25. The lowest BCUT2D eigenvalue weighted by atomic mass is 10.2. The van der Waals surface area contributed by atoms with Crippen LogP contribution in [0.2, 0.25) is 5.02 Å². The lowest BCUT2D eigenvalue weighted by Gasteiger charge is -2.01. The van der Waals surface area contributed by atoms with Crippen molar-refractivity contribution in [3.63, 3.8) is 0 Å². The number of nitro groups is 1. The smallest absolute Gasteiger partial charge is 0.258 e. The largest absolute Gasteiger partial charge is 0.289 e. The van der Waals surface area contributed by atoms with Crippen molar-refractivity contribution >= 4 is 37.0 Å². The van der Waals surface area contributed by atoms with E-state index in [9.17, 15) is 18.5 Å². The topological polar surface area (TPSA) is 101 Å². The molecule has 1 rings (SSSR count). The fourth-order valence-electron chi connectivity index (χ4n) is 0.973. The Labute approximate surface area is 99.6 Å². The molecule has 0 saturated heterocycles. The molecule has 16 heavy (non-hydrogen) atoms. The standard InChI is InChI=1S/C7H2Cl2N2O4S/c8-5-2-7(16(9,14)15)4(3-10)1-6(5)11(12)13/h1-2H. The van der Waals surface area contributed by atoms with Crippen LogP contribution in [0.3, 0.4) is 0 Å². The molecule has 84 valence electrons. The molecule has 0 heterocycles. The fraction of sp³-hybridized carbons (Fsp3) is 0. The molecule has 0 saturated carbocycles. The molecule has 0 aromatic heterocycles. The van der Waals surface area contributed by atoms with E-state index in [0.717, 1.165) is 12.1 Å². The van der Waals surface area contributed by atoms with Gasteiger partial charge in [-0.1, -0.05) is 11.6 Å². The lowest BCUT2D eigenvalue weighted by Crippen LogP contribution is -1.98. The molecule has 0 aliphatic rings. The number of hydrogen-bond donors (Lipinski definition) is 0. The Balaban J connectivity index is 3.65. The van der Waals surface area contributed by atoms with E-state index < -0.39 is 35.1 Å². The summed E-state index contributed by atoms with van der Waals surface area (Å²) in [6.07, 6.45) is 0. The molecule has 0 atom stereocenters. The monoisotopic (exact) mass is 280 g/mol. The highest BCUT2D eigenvalue weighted by Crippen LogP contribution is 2.31. The van der Waals surface area contributed by atoms with Gasteiger partial charge in [0.05, 0.1) is 10.5 Å². The van der Waals surface area contributed by atoms with Crippen molar-refractivity contribution in [2.24, 2.45) is 0 Å². The summed E-state index contributed by atoms with van der Waals surface area (Å²) in [6.45, 7) is 0. The molecular formula is C7H2Cl2N2O4S. The highest BCUT2D eigenvalue weighted by Gasteiger charge is 2.23. The van der Waals surface area contributed by atoms with Crippen LogP contribution in [0, 0.1) is 21.4 Å². The predicted molar refractivity (Wildman–Crippen MR) is 55.9 cm³/mol. The van der Waals surface area contributed by atoms with Crippen molar-refractivity contribution < 1.29 is 13.3 Å². The zero-order chi connectivity index (χ0) is 12.5. The van der Waals surface area contributed by atoms with Crippen LogP contribution in [0.15, 0.2) is 17.0 Å². The second-order valence-electron chi connectivity index (χ2n) is 2.61. The van der Waals surface area contributed by atoms with Gasteiger partial charge >= 0.3 is 0 Å². The van der Waals surface area contributed by atoms with Gasteiger partial charge in [0, 0.05) is 16.7 Å². The van der Waals surface area contributed by atoms with Crippen molar-refractivity contribution in [1.29, 1.82) is 5.26 Å². The van der Waals surface area contributed by atoms with Crippen LogP contribution >= 0.6 is 22.3 Å². The molecule has 0 aliphatic heterocycles. The Morgan fingerprint density at radius 2 is 2.00 bits per heavy atom. The van der Waals surface area contributed by atoms with Crippen LogP contribution in [0.5, 0.6) is 0 Å². The van der Waals surface area contributed by atoms with Crippen LogP contribution in [0.25, 0.3) is 0 Å². The third kappa shape index (κ3) is 2.41. The van der Waals surface area contributed by atoms with Gasteiger partial charge in [0.25, 0.3) is 14.7 Å². The first-order valence-corrected chi connectivity index (χ1v) is 6.29. The summed E-state index contributed by atoms with van der Waals surface area (Å²) in [5.74, 6) is 0. The van der Waals surface area contributed by atoms with Gasteiger partial charge in [-0.15, -0.1) is 0 Å². The zero-order valence-corrected chi connectivity index (χ0v) is 9.67. The first-order valence-electron chi connectivity index (χ1n) is 3.60. The summed E-state index contributed by atoms with van der Waals surface area (Å²) in [5, 5.41) is 18.7. The maximum atomic E-state index is 11.0. The molecule has 0 fully saturated rings. The molecule has 0 unspecified atom stereocenters. The normalized spacial score (nSPS) is 10.8. The number of rotatable bonds is 2. The fourth-order valence-corrected chi connectivity index (χ4v) is 2.28. The van der Waals surface area contributed by atoms with Gasteiger partial charge in [0.15, 0.2) is 0 Å². The van der Waals surface area contributed by atoms with Crippen molar-refractivity contribution in [2.75, 3.05) is 0 Å². The summed E-state index contributed by atoms with van der Waals surface area (Å²) in [7, 11) is 0.871. The molecule has 1 aromatic rings. The van der Waals surface area contributed by atoms with Crippen LogP contribution in [-0.2, 0) is 9.05 Å². The highest BCUT2D eigenvalue weighted by molar-refractivity contribution is 8.13. The van der Waals surface area contributed by atoms with Gasteiger partial charge in [-0.05, 0) is 6.07 Å². The van der Waals surface area contributed by atoms with Gasteiger partial charge < -0.3 is 0 Å². The van der Waals surface area contributed by atoms with Crippen molar-refractivity contribution in [3.8, 4) is 6.07 Å². The van der Waals surface area contributed by atoms with Crippen LogP contribution < -0.4 is 0 Å². The first-order chi connectivity index (χ1) is 7.27. The molecule has 0 N–H and O–H groups in total. The number of nitro benzene ring substituents is 1. The van der Waals surface area contributed by atoms with E-state index in [2.05, 4.69) is 0 Å². The quantitative estimate of drug-likeness (QED) is 0.469. The summed E-state index contributed by atoms with van der Waals surface area (Å²) < 4.78 is 22.1. The summed E-state index contributed by atoms with van der Waals surface area (Å²) >= 11 is 5.49. The molecule has 1 aromatic carbocycles. The molecule has 6 nitrogen and oxygen atoms in total. The zero-order valence-electron chi connectivity index (χ0n) is 7.35. The van der Waals surface area contributed by atoms with Crippen LogP contribution in [-0.4, -0.2) is 13.3 Å². The summed E-state index contributed by atoms with van der Waals surface area (Å²) in [4.78, 5) is 9.11. The second-order valence-corrected chi connectivity index (χ2v) is 5.55. The predicted octanol–water partition coefficient (Wildman–Crippen LogP) is 2.05. The van der Waals surface area contributed by atoms with Gasteiger partial charge in [0.1, 0.15) is 16.0 Å². The first kappa shape index (κ1) is 12.7. The van der Waals surface area contributed by atoms with Crippen LogP contribution in [0.4, 0.5) is 5.69 Å². The minimum Gasteiger partial charge on any atom is -0.258 e. The molecule has 9 heteroatoms. The van der Waals surface area contributed by atoms with Crippen LogP contribution in [0.1, 0.15) is 5.56 Å². The lowest BCUT2D eigenvalue weighted by molar-refractivity contribution is -0.384. The number of benzene rings is 1. The van der Waals surface area contributed by atoms with E-state index in [1.807, 2.05) is 0 Å². The minimum absolute atomic E-state index is 0.400. The molecule has 0 bridgehead atoms.